The van der Waals surface area contributed by atoms with Crippen molar-refractivity contribution in [2.45, 2.75) is 19.8 Å². The van der Waals surface area contributed by atoms with Gasteiger partial charge in [0.05, 0.1) is 12.7 Å². The average molecular weight is 363 g/mol. The van der Waals surface area contributed by atoms with Crippen molar-refractivity contribution < 1.29 is 24.2 Å². The minimum Gasteiger partial charge on any atom is -0.507 e. The topological polar surface area (TPSA) is 72.8 Å². The Bertz CT molecular complexity index is 768. The smallest absolute Gasteiger partial charge is 0.200 e. The van der Waals surface area contributed by atoms with Gasteiger partial charge in [0.1, 0.15) is 5.75 Å². The van der Waals surface area contributed by atoms with Crippen LogP contribution >= 0.6 is 11.6 Å². The summed E-state index contributed by atoms with van der Waals surface area (Å²) in [6.45, 7) is 1.64. The number of ether oxygens (including phenoxy) is 2. The summed E-state index contributed by atoms with van der Waals surface area (Å²) in [7, 11) is 1.42. The van der Waals surface area contributed by atoms with Gasteiger partial charge in [-0.25, -0.2) is 0 Å². The molecule has 0 bridgehead atoms. The lowest BCUT2D eigenvalue weighted by Gasteiger charge is -2.13. The van der Waals surface area contributed by atoms with E-state index >= 15 is 0 Å². The maximum atomic E-state index is 12.1. The molecule has 0 radical (unpaired) electrons. The summed E-state index contributed by atoms with van der Waals surface area (Å²) < 4.78 is 10.7. The Hall–Kier alpha value is -2.53. The van der Waals surface area contributed by atoms with Gasteiger partial charge in [-0.3, -0.25) is 9.59 Å². The summed E-state index contributed by atoms with van der Waals surface area (Å²) in [6, 6.07) is 9.17. The van der Waals surface area contributed by atoms with E-state index in [0.29, 0.717) is 23.4 Å². The Kier molecular flexibility index (Phi) is 6.42. The van der Waals surface area contributed by atoms with Gasteiger partial charge in [-0.1, -0.05) is 18.5 Å². The fraction of sp³-hybridized carbons (Fsp3) is 0.263. The zero-order valence-corrected chi connectivity index (χ0v) is 14.8. The van der Waals surface area contributed by atoms with E-state index in [-0.39, 0.29) is 41.0 Å². The highest BCUT2D eigenvalue weighted by molar-refractivity contribution is 6.30. The number of hydrogen-bond donors (Lipinski definition) is 1. The Morgan fingerprint density at radius 2 is 1.76 bits per heavy atom. The van der Waals surface area contributed by atoms with Gasteiger partial charge < -0.3 is 14.6 Å². The molecule has 0 unspecified atom stereocenters. The monoisotopic (exact) mass is 362 g/mol. The predicted molar refractivity (Wildman–Crippen MR) is 95.2 cm³/mol. The summed E-state index contributed by atoms with van der Waals surface area (Å²) in [5, 5.41) is 10.6. The number of benzene rings is 2. The van der Waals surface area contributed by atoms with E-state index in [1.165, 1.54) is 19.2 Å². The van der Waals surface area contributed by atoms with Gasteiger partial charge in [-0.2, -0.15) is 0 Å². The van der Waals surface area contributed by atoms with Gasteiger partial charge in [0.25, 0.3) is 0 Å². The number of aromatic hydroxyl groups is 1. The van der Waals surface area contributed by atoms with Gasteiger partial charge in [0.15, 0.2) is 29.7 Å². The molecule has 0 spiro atoms. The molecule has 0 aromatic heterocycles. The third-order valence-electron chi connectivity index (χ3n) is 3.58. The van der Waals surface area contributed by atoms with E-state index in [4.69, 9.17) is 21.1 Å². The Labute approximate surface area is 151 Å². The number of methoxy groups -OCH3 is 1. The predicted octanol–water partition coefficient (Wildman–Crippen LogP) is 4.30. The first-order chi connectivity index (χ1) is 12.0. The number of carbonyl (C=O) groups excluding carboxylic acids is 2. The van der Waals surface area contributed by atoms with Crippen molar-refractivity contribution in [3.63, 3.8) is 0 Å². The van der Waals surface area contributed by atoms with E-state index in [1.54, 1.807) is 24.3 Å². The number of carbonyl (C=O) groups is 2. The van der Waals surface area contributed by atoms with Crippen LogP contribution in [0.15, 0.2) is 36.4 Å². The second-order valence-corrected chi connectivity index (χ2v) is 5.85. The highest BCUT2D eigenvalue weighted by Gasteiger charge is 2.17. The molecular weight excluding hydrogens is 344 g/mol. The van der Waals surface area contributed by atoms with Crippen LogP contribution in [0.1, 0.15) is 40.5 Å². The van der Waals surface area contributed by atoms with Crippen molar-refractivity contribution in [2.75, 3.05) is 13.7 Å². The molecule has 2 aromatic carbocycles. The first-order valence-electron chi connectivity index (χ1n) is 7.82. The minimum atomic E-state index is -0.246. The van der Waals surface area contributed by atoms with Crippen LogP contribution in [-0.4, -0.2) is 30.4 Å². The first-order valence-corrected chi connectivity index (χ1v) is 8.19. The SMILES string of the molecule is CCCC(=O)c1cc(OC)c(OCC(=O)c2ccc(Cl)cc2)cc1O. The van der Waals surface area contributed by atoms with Gasteiger partial charge in [0.2, 0.25) is 0 Å². The van der Waals surface area contributed by atoms with Crippen molar-refractivity contribution in [2.24, 2.45) is 0 Å². The van der Waals surface area contributed by atoms with Crippen LogP contribution in [0.2, 0.25) is 5.02 Å². The minimum absolute atomic E-state index is 0.176. The number of phenols is 1. The molecule has 6 heteroatoms. The molecule has 0 saturated heterocycles. The number of ketones is 2. The molecule has 1 N–H and O–H groups in total. The maximum absolute atomic E-state index is 12.1. The maximum Gasteiger partial charge on any atom is 0.200 e. The summed E-state index contributed by atoms with van der Waals surface area (Å²) >= 11 is 5.79. The van der Waals surface area contributed by atoms with Crippen LogP contribution in [0, 0.1) is 0 Å². The highest BCUT2D eigenvalue weighted by atomic mass is 35.5. The van der Waals surface area contributed by atoms with Crippen molar-refractivity contribution in [3.05, 3.63) is 52.5 Å². The van der Waals surface area contributed by atoms with Crippen LogP contribution in [0.3, 0.4) is 0 Å². The summed E-state index contributed by atoms with van der Waals surface area (Å²) in [4.78, 5) is 24.2. The molecule has 0 fully saturated rings. The lowest BCUT2D eigenvalue weighted by atomic mass is 10.1. The molecule has 2 aromatic rings. The average Bonchev–Trinajstić information content (AvgIpc) is 2.60. The highest BCUT2D eigenvalue weighted by Crippen LogP contribution is 2.35. The zero-order valence-electron chi connectivity index (χ0n) is 14.0. The lowest BCUT2D eigenvalue weighted by Crippen LogP contribution is -2.12. The number of rotatable bonds is 8. The molecule has 0 aliphatic rings. The second kappa shape index (κ2) is 8.53. The summed E-state index contributed by atoms with van der Waals surface area (Å²) in [6.07, 6.45) is 1.00. The zero-order chi connectivity index (χ0) is 18.4. The van der Waals surface area contributed by atoms with Gasteiger partial charge >= 0.3 is 0 Å². The summed E-state index contributed by atoms with van der Waals surface area (Å²) in [5.74, 6) is -0.156. The van der Waals surface area contributed by atoms with Crippen molar-refractivity contribution in [1.29, 1.82) is 0 Å². The van der Waals surface area contributed by atoms with Crippen LogP contribution in [0.25, 0.3) is 0 Å². The van der Waals surface area contributed by atoms with Crippen molar-refractivity contribution in [3.8, 4) is 17.2 Å². The third-order valence-corrected chi connectivity index (χ3v) is 3.84. The lowest BCUT2D eigenvalue weighted by molar-refractivity contribution is 0.0917. The van der Waals surface area contributed by atoms with Crippen LogP contribution in [-0.2, 0) is 0 Å². The molecule has 0 heterocycles. The number of phenolic OH excluding ortho intramolecular Hbond substituents is 1. The number of Topliss-reactive ketones (excluding diaryl/α,β-unsaturated/α-hetero) is 2. The molecule has 5 nitrogen and oxygen atoms in total. The molecule has 0 aliphatic carbocycles. The van der Waals surface area contributed by atoms with Crippen molar-refractivity contribution in [1.82, 2.24) is 0 Å². The number of halogens is 1. The molecular formula is C19H19ClO5. The third kappa shape index (κ3) is 4.73. The van der Waals surface area contributed by atoms with Gasteiger partial charge in [-0.15, -0.1) is 0 Å². The second-order valence-electron chi connectivity index (χ2n) is 5.41. The quantitative estimate of drug-likeness (QED) is 0.709. The molecule has 132 valence electrons. The Morgan fingerprint density at radius 1 is 1.08 bits per heavy atom. The molecule has 2 rings (SSSR count). The molecule has 0 atom stereocenters. The van der Waals surface area contributed by atoms with Crippen LogP contribution in [0.4, 0.5) is 0 Å². The molecule has 0 saturated carbocycles. The van der Waals surface area contributed by atoms with E-state index in [0.717, 1.165) is 0 Å². The van der Waals surface area contributed by atoms with Crippen molar-refractivity contribution >= 4 is 23.2 Å². The molecule has 0 aliphatic heterocycles. The van der Waals surface area contributed by atoms with Gasteiger partial charge in [-0.05, 0) is 36.8 Å². The van der Waals surface area contributed by atoms with E-state index in [1.807, 2.05) is 6.92 Å². The van der Waals surface area contributed by atoms with E-state index in [2.05, 4.69) is 0 Å². The van der Waals surface area contributed by atoms with E-state index < -0.39 is 0 Å². The van der Waals surface area contributed by atoms with Gasteiger partial charge in [0, 0.05) is 23.1 Å². The Morgan fingerprint density at radius 3 is 2.36 bits per heavy atom. The summed E-state index contributed by atoms with van der Waals surface area (Å²) in [5.41, 5.74) is 0.636. The largest absolute Gasteiger partial charge is 0.507 e. The first kappa shape index (κ1) is 18.8. The van der Waals surface area contributed by atoms with E-state index in [9.17, 15) is 14.7 Å². The Balaban J connectivity index is 2.16. The van der Waals surface area contributed by atoms with Crippen LogP contribution in [0.5, 0.6) is 17.2 Å². The van der Waals surface area contributed by atoms with Crippen LogP contribution < -0.4 is 9.47 Å². The number of hydrogen-bond acceptors (Lipinski definition) is 5. The molecule has 25 heavy (non-hydrogen) atoms. The fourth-order valence-electron chi connectivity index (χ4n) is 2.27. The standard InChI is InChI=1S/C19H19ClO5/c1-3-4-15(21)14-9-18(24-2)19(10-16(14)22)25-11-17(23)12-5-7-13(20)8-6-12/h5-10,22H,3-4,11H2,1-2H3. The molecule has 0 amide bonds. The normalized spacial score (nSPS) is 10.4. The fourth-order valence-corrected chi connectivity index (χ4v) is 2.40.